The van der Waals surface area contributed by atoms with Crippen LogP contribution in [0.1, 0.15) is 36.7 Å². The first kappa shape index (κ1) is 15.7. The minimum absolute atomic E-state index is 0.0423. The van der Waals surface area contributed by atoms with Gasteiger partial charge in [0.2, 0.25) is 0 Å². The van der Waals surface area contributed by atoms with E-state index in [9.17, 15) is 9.18 Å². The van der Waals surface area contributed by atoms with Crippen LogP contribution in [0.2, 0.25) is 0 Å². The maximum absolute atomic E-state index is 13.2. The highest BCUT2D eigenvalue weighted by Crippen LogP contribution is 2.25. The van der Waals surface area contributed by atoms with Crippen molar-refractivity contribution in [2.24, 2.45) is 0 Å². The Labute approximate surface area is 132 Å². The summed E-state index contributed by atoms with van der Waals surface area (Å²) in [5, 5.41) is 2.70. The van der Waals surface area contributed by atoms with E-state index in [2.05, 4.69) is 42.0 Å². The van der Waals surface area contributed by atoms with Gasteiger partial charge in [0.25, 0.3) is 5.91 Å². The van der Waals surface area contributed by atoms with E-state index in [1.165, 1.54) is 12.1 Å². The number of nitrogens with one attached hydrogen (secondary N) is 1. The van der Waals surface area contributed by atoms with Gasteiger partial charge in [-0.1, -0.05) is 32.9 Å². The minimum Gasteiger partial charge on any atom is -0.321 e. The molecule has 1 N–H and O–H groups in total. The number of carbonyl (C=O) groups is 1. The number of benzene rings is 2. The highest BCUT2D eigenvalue weighted by atomic mass is 79.9. The molecule has 0 radical (unpaired) electrons. The van der Waals surface area contributed by atoms with Gasteiger partial charge in [-0.2, -0.15) is 0 Å². The Morgan fingerprint density at radius 2 is 1.71 bits per heavy atom. The van der Waals surface area contributed by atoms with Crippen molar-refractivity contribution >= 4 is 27.5 Å². The Morgan fingerprint density at radius 1 is 1.10 bits per heavy atom. The molecule has 2 aromatic carbocycles. The van der Waals surface area contributed by atoms with Gasteiger partial charge in [-0.05, 0) is 57.2 Å². The van der Waals surface area contributed by atoms with Gasteiger partial charge in [0.05, 0.1) is 5.69 Å². The Hall–Kier alpha value is -1.68. The number of rotatable bonds is 2. The number of carbonyl (C=O) groups excluding carboxylic acids is 1. The van der Waals surface area contributed by atoms with Crippen molar-refractivity contribution in [3.05, 3.63) is 63.9 Å². The Morgan fingerprint density at radius 3 is 2.29 bits per heavy atom. The number of halogens is 2. The highest BCUT2D eigenvalue weighted by molar-refractivity contribution is 9.10. The molecule has 0 atom stereocenters. The zero-order chi connectivity index (χ0) is 15.6. The first-order valence-corrected chi connectivity index (χ1v) is 7.43. The van der Waals surface area contributed by atoms with Crippen LogP contribution in [0.25, 0.3) is 0 Å². The van der Waals surface area contributed by atoms with Crippen molar-refractivity contribution in [1.29, 1.82) is 0 Å². The normalized spacial score (nSPS) is 11.3. The summed E-state index contributed by atoms with van der Waals surface area (Å²) in [6.45, 7) is 6.35. The molecule has 0 aliphatic heterocycles. The maximum atomic E-state index is 13.2. The molecule has 2 rings (SSSR count). The van der Waals surface area contributed by atoms with E-state index < -0.39 is 5.82 Å². The van der Waals surface area contributed by atoms with Crippen LogP contribution in [0.5, 0.6) is 0 Å². The summed E-state index contributed by atoms with van der Waals surface area (Å²) < 4.78 is 13.9. The first-order valence-electron chi connectivity index (χ1n) is 6.64. The van der Waals surface area contributed by atoms with Gasteiger partial charge in [-0.3, -0.25) is 4.79 Å². The zero-order valence-electron chi connectivity index (χ0n) is 12.2. The summed E-state index contributed by atoms with van der Waals surface area (Å²) in [6, 6.07) is 11.6. The number of anilines is 1. The molecule has 4 heteroatoms. The van der Waals surface area contributed by atoms with Crippen molar-refractivity contribution in [3.63, 3.8) is 0 Å². The lowest BCUT2D eigenvalue weighted by atomic mass is 9.87. The molecule has 21 heavy (non-hydrogen) atoms. The van der Waals surface area contributed by atoms with E-state index in [-0.39, 0.29) is 11.3 Å². The Kier molecular flexibility index (Phi) is 4.47. The zero-order valence-corrected chi connectivity index (χ0v) is 13.8. The molecule has 0 saturated heterocycles. The third-order valence-corrected chi connectivity index (χ3v) is 3.88. The lowest BCUT2D eigenvalue weighted by Crippen LogP contribution is -2.14. The van der Waals surface area contributed by atoms with E-state index in [0.717, 1.165) is 5.56 Å². The van der Waals surface area contributed by atoms with Crippen molar-refractivity contribution in [3.8, 4) is 0 Å². The third-order valence-electron chi connectivity index (χ3n) is 3.19. The number of hydrogen-bond acceptors (Lipinski definition) is 1. The summed E-state index contributed by atoms with van der Waals surface area (Å²) in [5.74, 6) is -0.654. The minimum atomic E-state index is -0.392. The molecule has 1 amide bonds. The topological polar surface area (TPSA) is 29.1 Å². The fraction of sp³-hybridized carbons (Fsp3) is 0.235. The van der Waals surface area contributed by atoms with E-state index in [1.807, 2.05) is 12.1 Å². The molecule has 2 nitrogen and oxygen atoms in total. The molecule has 0 aromatic heterocycles. The second kappa shape index (κ2) is 5.98. The van der Waals surface area contributed by atoms with Crippen molar-refractivity contribution in [1.82, 2.24) is 0 Å². The van der Waals surface area contributed by atoms with Gasteiger partial charge in [0, 0.05) is 10.0 Å². The van der Waals surface area contributed by atoms with Crippen molar-refractivity contribution < 1.29 is 9.18 Å². The average molecular weight is 350 g/mol. The Balaban J connectivity index is 2.19. The molecular formula is C17H17BrFNO. The average Bonchev–Trinajstić information content (AvgIpc) is 2.42. The second-order valence-corrected chi connectivity index (χ2v) is 6.76. The molecule has 0 unspecified atom stereocenters. The van der Waals surface area contributed by atoms with Crippen LogP contribution in [-0.4, -0.2) is 5.91 Å². The molecule has 0 fully saturated rings. The summed E-state index contributed by atoms with van der Waals surface area (Å²) in [4.78, 5) is 12.2. The molecule has 0 aliphatic carbocycles. The summed E-state index contributed by atoms with van der Waals surface area (Å²) in [5.41, 5.74) is 2.16. The Bertz CT molecular complexity index is 659. The summed E-state index contributed by atoms with van der Waals surface area (Å²) >= 11 is 3.29. The van der Waals surface area contributed by atoms with Crippen molar-refractivity contribution in [2.75, 3.05) is 5.32 Å². The summed E-state index contributed by atoms with van der Waals surface area (Å²) in [6.07, 6.45) is 0. The van der Waals surface area contributed by atoms with Gasteiger partial charge in [0.1, 0.15) is 5.82 Å². The van der Waals surface area contributed by atoms with Crippen LogP contribution >= 0.6 is 15.9 Å². The first-order chi connectivity index (χ1) is 9.77. The number of amides is 1. The largest absolute Gasteiger partial charge is 0.321 e. The molecule has 0 heterocycles. The SMILES string of the molecule is CC(C)(C)c1ccc(C(=O)Nc2cc(F)ccc2Br)cc1. The van der Waals surface area contributed by atoms with Gasteiger partial charge in [-0.25, -0.2) is 4.39 Å². The van der Waals surface area contributed by atoms with Crippen LogP contribution in [0.3, 0.4) is 0 Å². The molecule has 2 aromatic rings. The van der Waals surface area contributed by atoms with Crippen LogP contribution in [-0.2, 0) is 5.41 Å². The third kappa shape index (κ3) is 3.91. The summed E-state index contributed by atoms with van der Waals surface area (Å²) in [7, 11) is 0. The number of hydrogen-bond donors (Lipinski definition) is 1. The highest BCUT2D eigenvalue weighted by Gasteiger charge is 2.14. The monoisotopic (exact) mass is 349 g/mol. The fourth-order valence-electron chi connectivity index (χ4n) is 1.91. The van der Waals surface area contributed by atoms with Crippen LogP contribution < -0.4 is 5.32 Å². The quantitative estimate of drug-likeness (QED) is 0.799. The second-order valence-electron chi connectivity index (χ2n) is 5.91. The van der Waals surface area contributed by atoms with Gasteiger partial charge < -0.3 is 5.32 Å². The predicted molar refractivity (Wildman–Crippen MR) is 87.2 cm³/mol. The molecule has 0 spiro atoms. The molecular weight excluding hydrogens is 333 g/mol. The van der Waals surface area contributed by atoms with Gasteiger partial charge in [0.15, 0.2) is 0 Å². The van der Waals surface area contributed by atoms with E-state index in [1.54, 1.807) is 18.2 Å². The van der Waals surface area contributed by atoms with Gasteiger partial charge in [-0.15, -0.1) is 0 Å². The van der Waals surface area contributed by atoms with E-state index in [4.69, 9.17) is 0 Å². The standard InChI is InChI=1S/C17H17BrFNO/c1-17(2,3)12-6-4-11(5-7-12)16(21)20-15-10-13(19)8-9-14(15)18/h4-10H,1-3H3,(H,20,21). The van der Waals surface area contributed by atoms with E-state index in [0.29, 0.717) is 15.7 Å². The molecule has 0 bridgehead atoms. The fourth-order valence-corrected chi connectivity index (χ4v) is 2.26. The van der Waals surface area contributed by atoms with Gasteiger partial charge >= 0.3 is 0 Å². The smallest absolute Gasteiger partial charge is 0.255 e. The lowest BCUT2D eigenvalue weighted by Gasteiger charge is -2.19. The molecule has 0 saturated carbocycles. The van der Waals surface area contributed by atoms with Crippen LogP contribution in [0.15, 0.2) is 46.9 Å². The van der Waals surface area contributed by atoms with Crippen LogP contribution in [0, 0.1) is 5.82 Å². The van der Waals surface area contributed by atoms with Crippen molar-refractivity contribution in [2.45, 2.75) is 26.2 Å². The lowest BCUT2D eigenvalue weighted by molar-refractivity contribution is 0.102. The molecule has 110 valence electrons. The van der Waals surface area contributed by atoms with Crippen LogP contribution in [0.4, 0.5) is 10.1 Å². The van der Waals surface area contributed by atoms with E-state index >= 15 is 0 Å². The predicted octanol–water partition coefficient (Wildman–Crippen LogP) is 5.14. The molecule has 0 aliphatic rings. The maximum Gasteiger partial charge on any atom is 0.255 e.